The molecule has 0 heterocycles. The number of nitrogens with one attached hydrogen (secondary N) is 1. The maximum atomic E-state index is 13.6. The normalized spacial score (nSPS) is 12.0. The smallest absolute Gasteiger partial charge is 0.164 e. The van der Waals surface area contributed by atoms with Crippen molar-refractivity contribution in [2.75, 3.05) is 11.9 Å². The first-order valence-corrected chi connectivity index (χ1v) is 6.56. The SMILES string of the molecule is CC(=O)c1c(F)cccc1NCC(O)c1ccc(F)c(F)c1. The average Bonchev–Trinajstić information content (AvgIpc) is 2.47. The fraction of sp³-hybridized carbons (Fsp3) is 0.188. The molecule has 0 amide bonds. The highest BCUT2D eigenvalue weighted by Gasteiger charge is 2.15. The summed E-state index contributed by atoms with van der Waals surface area (Å²) < 4.78 is 39.6. The van der Waals surface area contributed by atoms with Gasteiger partial charge in [-0.2, -0.15) is 0 Å². The van der Waals surface area contributed by atoms with Gasteiger partial charge in [-0.15, -0.1) is 0 Å². The van der Waals surface area contributed by atoms with E-state index in [-0.39, 0.29) is 23.4 Å². The number of ketones is 1. The van der Waals surface area contributed by atoms with Crippen molar-refractivity contribution >= 4 is 11.5 Å². The topological polar surface area (TPSA) is 49.3 Å². The molecule has 0 saturated heterocycles. The van der Waals surface area contributed by atoms with Crippen molar-refractivity contribution in [3.63, 3.8) is 0 Å². The first kappa shape index (κ1) is 16.0. The van der Waals surface area contributed by atoms with Gasteiger partial charge in [-0.05, 0) is 36.8 Å². The molecule has 116 valence electrons. The summed E-state index contributed by atoms with van der Waals surface area (Å²) in [6.07, 6.45) is -1.14. The summed E-state index contributed by atoms with van der Waals surface area (Å²) in [5.74, 6) is -3.19. The molecule has 0 fully saturated rings. The van der Waals surface area contributed by atoms with Gasteiger partial charge in [-0.1, -0.05) is 12.1 Å². The minimum absolute atomic E-state index is 0.0885. The Morgan fingerprint density at radius 2 is 1.86 bits per heavy atom. The molecule has 0 spiro atoms. The molecule has 2 aromatic rings. The van der Waals surface area contributed by atoms with Crippen molar-refractivity contribution in [1.29, 1.82) is 0 Å². The summed E-state index contributed by atoms with van der Waals surface area (Å²) in [6, 6.07) is 7.14. The van der Waals surface area contributed by atoms with Crippen molar-refractivity contribution < 1.29 is 23.1 Å². The van der Waals surface area contributed by atoms with Crippen LogP contribution >= 0.6 is 0 Å². The van der Waals surface area contributed by atoms with E-state index in [9.17, 15) is 23.1 Å². The Labute approximate surface area is 125 Å². The summed E-state index contributed by atoms with van der Waals surface area (Å²) in [7, 11) is 0. The first-order chi connectivity index (χ1) is 10.4. The van der Waals surface area contributed by atoms with E-state index in [0.717, 1.165) is 18.2 Å². The molecule has 0 aliphatic carbocycles. The maximum absolute atomic E-state index is 13.6. The quantitative estimate of drug-likeness (QED) is 0.832. The second kappa shape index (κ2) is 6.62. The Bertz CT molecular complexity index is 704. The Morgan fingerprint density at radius 3 is 2.50 bits per heavy atom. The van der Waals surface area contributed by atoms with Gasteiger partial charge in [-0.25, -0.2) is 13.2 Å². The van der Waals surface area contributed by atoms with Gasteiger partial charge in [0, 0.05) is 12.2 Å². The third-order valence-corrected chi connectivity index (χ3v) is 3.18. The lowest BCUT2D eigenvalue weighted by Crippen LogP contribution is -2.15. The van der Waals surface area contributed by atoms with Crippen molar-refractivity contribution in [3.05, 3.63) is 65.0 Å². The van der Waals surface area contributed by atoms with Gasteiger partial charge in [0.05, 0.1) is 11.7 Å². The minimum atomic E-state index is -1.14. The monoisotopic (exact) mass is 309 g/mol. The molecule has 2 aromatic carbocycles. The number of rotatable bonds is 5. The van der Waals surface area contributed by atoms with Crippen molar-refractivity contribution in [1.82, 2.24) is 0 Å². The van der Waals surface area contributed by atoms with E-state index < -0.39 is 29.3 Å². The van der Waals surface area contributed by atoms with Gasteiger partial charge in [-0.3, -0.25) is 4.79 Å². The van der Waals surface area contributed by atoms with Crippen molar-refractivity contribution in [2.45, 2.75) is 13.0 Å². The average molecular weight is 309 g/mol. The number of aliphatic hydroxyl groups excluding tert-OH is 1. The van der Waals surface area contributed by atoms with E-state index >= 15 is 0 Å². The fourth-order valence-electron chi connectivity index (χ4n) is 2.07. The molecule has 6 heteroatoms. The summed E-state index contributed by atoms with van der Waals surface area (Å²) >= 11 is 0. The zero-order chi connectivity index (χ0) is 16.3. The zero-order valence-corrected chi connectivity index (χ0v) is 11.7. The number of hydrogen-bond acceptors (Lipinski definition) is 3. The van der Waals surface area contributed by atoms with E-state index in [1.54, 1.807) is 0 Å². The molecule has 22 heavy (non-hydrogen) atoms. The number of benzene rings is 2. The molecule has 0 aromatic heterocycles. The highest BCUT2D eigenvalue weighted by atomic mass is 19.2. The molecule has 2 rings (SSSR count). The number of anilines is 1. The van der Waals surface area contributed by atoms with Crippen LogP contribution in [0.3, 0.4) is 0 Å². The third kappa shape index (κ3) is 3.46. The summed E-state index contributed by atoms with van der Waals surface area (Å²) in [5, 5.41) is 12.7. The summed E-state index contributed by atoms with van der Waals surface area (Å²) in [4.78, 5) is 11.5. The molecule has 0 aliphatic rings. The molecule has 0 bridgehead atoms. The Balaban J connectivity index is 2.14. The Kier molecular flexibility index (Phi) is 4.82. The number of carbonyl (C=O) groups is 1. The standard InChI is InChI=1S/C16H14F3NO2/c1-9(21)16-12(18)3-2-4-14(16)20-8-15(22)10-5-6-11(17)13(19)7-10/h2-7,15,20,22H,8H2,1H3. The molecule has 0 saturated carbocycles. The number of hydrogen-bond donors (Lipinski definition) is 2. The van der Waals surface area contributed by atoms with Crippen LogP contribution in [0.15, 0.2) is 36.4 Å². The van der Waals surface area contributed by atoms with Gasteiger partial charge in [0.2, 0.25) is 0 Å². The lowest BCUT2D eigenvalue weighted by atomic mass is 10.1. The van der Waals surface area contributed by atoms with E-state index in [0.29, 0.717) is 0 Å². The zero-order valence-electron chi connectivity index (χ0n) is 11.7. The van der Waals surface area contributed by atoms with Crippen molar-refractivity contribution in [3.8, 4) is 0 Å². The highest BCUT2D eigenvalue weighted by molar-refractivity contribution is 5.99. The molecule has 3 nitrogen and oxygen atoms in total. The van der Waals surface area contributed by atoms with Gasteiger partial charge >= 0.3 is 0 Å². The summed E-state index contributed by atoms with van der Waals surface area (Å²) in [6.45, 7) is 1.14. The third-order valence-electron chi connectivity index (χ3n) is 3.18. The lowest BCUT2D eigenvalue weighted by molar-refractivity contribution is 0.101. The van der Waals surface area contributed by atoms with Crippen LogP contribution in [0.4, 0.5) is 18.9 Å². The van der Waals surface area contributed by atoms with Crippen LogP contribution in [0, 0.1) is 17.5 Å². The molecule has 0 radical (unpaired) electrons. The van der Waals surface area contributed by atoms with Gasteiger partial charge in [0.15, 0.2) is 17.4 Å². The van der Waals surface area contributed by atoms with E-state index in [1.807, 2.05) is 0 Å². The van der Waals surface area contributed by atoms with Crippen LogP contribution in [0.25, 0.3) is 0 Å². The first-order valence-electron chi connectivity index (χ1n) is 6.56. The predicted octanol–water partition coefficient (Wildman–Crippen LogP) is 3.45. The number of carbonyl (C=O) groups excluding carboxylic acids is 1. The fourth-order valence-corrected chi connectivity index (χ4v) is 2.07. The summed E-state index contributed by atoms with van der Waals surface area (Å²) in [5.41, 5.74) is 0.293. The van der Waals surface area contributed by atoms with E-state index in [4.69, 9.17) is 0 Å². The number of aliphatic hydroxyl groups is 1. The highest BCUT2D eigenvalue weighted by Crippen LogP contribution is 2.22. The lowest BCUT2D eigenvalue weighted by Gasteiger charge is -2.15. The van der Waals surface area contributed by atoms with Crippen LogP contribution in [-0.2, 0) is 0 Å². The van der Waals surface area contributed by atoms with Crippen molar-refractivity contribution in [2.24, 2.45) is 0 Å². The van der Waals surface area contributed by atoms with Gasteiger partial charge < -0.3 is 10.4 Å². The Morgan fingerprint density at radius 1 is 1.14 bits per heavy atom. The van der Waals surface area contributed by atoms with Crippen LogP contribution in [0.5, 0.6) is 0 Å². The second-order valence-electron chi connectivity index (χ2n) is 4.79. The molecular formula is C16H14F3NO2. The van der Waals surface area contributed by atoms with Crippen LogP contribution in [0.2, 0.25) is 0 Å². The molecule has 0 aliphatic heterocycles. The maximum Gasteiger partial charge on any atom is 0.164 e. The van der Waals surface area contributed by atoms with E-state index in [2.05, 4.69) is 5.32 Å². The van der Waals surface area contributed by atoms with Gasteiger partial charge in [0.25, 0.3) is 0 Å². The van der Waals surface area contributed by atoms with Gasteiger partial charge in [0.1, 0.15) is 5.82 Å². The van der Waals surface area contributed by atoms with Crippen LogP contribution in [0.1, 0.15) is 28.9 Å². The largest absolute Gasteiger partial charge is 0.387 e. The van der Waals surface area contributed by atoms with E-state index in [1.165, 1.54) is 25.1 Å². The molecule has 1 unspecified atom stereocenters. The van der Waals surface area contributed by atoms with Crippen LogP contribution < -0.4 is 5.32 Å². The number of Topliss-reactive ketones (excluding diaryl/α,β-unsaturated/α-hetero) is 1. The number of halogens is 3. The molecule has 1 atom stereocenters. The van der Waals surface area contributed by atoms with Crippen LogP contribution in [-0.4, -0.2) is 17.4 Å². The Hall–Kier alpha value is -2.34. The molecular weight excluding hydrogens is 295 g/mol. The minimum Gasteiger partial charge on any atom is -0.387 e. The second-order valence-corrected chi connectivity index (χ2v) is 4.79. The predicted molar refractivity (Wildman–Crippen MR) is 76.2 cm³/mol. The molecule has 2 N–H and O–H groups in total.